The van der Waals surface area contributed by atoms with Crippen LogP contribution in [0.15, 0.2) is 39.2 Å². The second kappa shape index (κ2) is 6.09. The number of thiophene rings is 1. The maximum Gasteiger partial charge on any atom is 0.250 e. The number of hydrogen-bond donors (Lipinski definition) is 1. The van der Waals surface area contributed by atoms with Gasteiger partial charge in [-0.1, -0.05) is 0 Å². The first kappa shape index (κ1) is 15.2. The van der Waals surface area contributed by atoms with Crippen molar-refractivity contribution in [3.05, 3.63) is 41.2 Å². The normalized spacial score (nSPS) is 13.8. The zero-order chi connectivity index (χ0) is 14.8. The number of aryl methyl sites for hydroxylation is 1. The summed E-state index contributed by atoms with van der Waals surface area (Å²) in [7, 11) is 0.312. The fraction of sp³-hybridized carbons (Fsp3) is 0.385. The van der Waals surface area contributed by atoms with Crippen molar-refractivity contribution in [3.63, 3.8) is 0 Å². The molecular weight excluding hydrogens is 296 g/mol. The fourth-order valence-electron chi connectivity index (χ4n) is 1.83. The molecule has 0 aliphatic rings. The Balaban J connectivity index is 2.10. The third-order valence-corrected chi connectivity index (χ3v) is 5.86. The van der Waals surface area contributed by atoms with Crippen molar-refractivity contribution in [3.8, 4) is 0 Å². The van der Waals surface area contributed by atoms with Crippen LogP contribution in [-0.2, 0) is 10.0 Å². The quantitative estimate of drug-likeness (QED) is 0.888. The maximum absolute atomic E-state index is 12.2. The molecule has 1 N–H and O–H groups in total. The summed E-state index contributed by atoms with van der Waals surface area (Å²) in [5, 5.41) is 0. The van der Waals surface area contributed by atoms with Crippen molar-refractivity contribution < 1.29 is 12.8 Å². The first-order valence-electron chi connectivity index (χ1n) is 6.16. The molecule has 1 atom stereocenters. The Hall–Kier alpha value is -1.15. The number of likely N-dealkylation sites (N-methyl/N-ethyl adjacent to an activating group) is 1. The van der Waals surface area contributed by atoms with Gasteiger partial charge in [-0.15, -0.1) is 11.3 Å². The van der Waals surface area contributed by atoms with E-state index in [0.29, 0.717) is 4.21 Å². The van der Waals surface area contributed by atoms with E-state index in [1.165, 1.54) is 11.3 Å². The van der Waals surface area contributed by atoms with Gasteiger partial charge < -0.3 is 4.42 Å². The summed E-state index contributed by atoms with van der Waals surface area (Å²) in [6, 6.07) is 6.92. The first-order chi connectivity index (χ1) is 9.40. The third-order valence-electron chi connectivity index (χ3n) is 2.94. The number of nitrogens with zero attached hydrogens (tertiary/aromatic N) is 1. The van der Waals surface area contributed by atoms with Gasteiger partial charge in [0.1, 0.15) is 9.97 Å². The van der Waals surface area contributed by atoms with E-state index >= 15 is 0 Å². The summed E-state index contributed by atoms with van der Waals surface area (Å²) in [5.41, 5.74) is 0. The van der Waals surface area contributed by atoms with Crippen LogP contribution in [0.2, 0.25) is 0 Å². The number of furan rings is 1. The van der Waals surface area contributed by atoms with Gasteiger partial charge >= 0.3 is 0 Å². The van der Waals surface area contributed by atoms with Gasteiger partial charge in [-0.3, -0.25) is 4.90 Å². The molecule has 2 rings (SSSR count). The number of rotatable bonds is 6. The Bertz CT molecular complexity index is 645. The summed E-state index contributed by atoms with van der Waals surface area (Å²) >= 11 is 1.26. The molecule has 0 aromatic carbocycles. The van der Waals surface area contributed by atoms with Gasteiger partial charge in [0.25, 0.3) is 0 Å². The molecular formula is C13H18N2O3S2. The summed E-state index contributed by atoms with van der Waals surface area (Å²) in [5.74, 6) is 0.736. The molecule has 7 heteroatoms. The highest BCUT2D eigenvalue weighted by Gasteiger charge is 2.22. The lowest BCUT2D eigenvalue weighted by Gasteiger charge is -2.22. The second-order valence-electron chi connectivity index (χ2n) is 4.71. The molecule has 0 saturated carbocycles. The Morgan fingerprint density at radius 2 is 2.10 bits per heavy atom. The molecule has 0 bridgehead atoms. The van der Waals surface area contributed by atoms with Crippen molar-refractivity contribution in [2.45, 2.75) is 17.2 Å². The van der Waals surface area contributed by atoms with Gasteiger partial charge in [-0.2, -0.15) is 0 Å². The van der Waals surface area contributed by atoms with Gasteiger partial charge in [-0.05, 0) is 45.3 Å². The fourth-order valence-corrected chi connectivity index (χ4v) is 4.20. The SMILES string of the molecule is Cc1ccc(S(=O)(=O)NCC(c2ccco2)N(C)C)s1. The van der Waals surface area contributed by atoms with E-state index in [9.17, 15) is 8.42 Å². The number of nitrogens with one attached hydrogen (secondary N) is 1. The molecule has 0 aliphatic heterocycles. The van der Waals surface area contributed by atoms with Crippen molar-refractivity contribution in [2.24, 2.45) is 0 Å². The summed E-state index contributed by atoms with van der Waals surface area (Å²) in [4.78, 5) is 2.89. The van der Waals surface area contributed by atoms with Gasteiger partial charge in [-0.25, -0.2) is 13.1 Å². The lowest BCUT2D eigenvalue weighted by molar-refractivity contribution is 0.259. The standard InChI is InChI=1S/C13H18N2O3S2/c1-10-6-7-13(19-10)20(16,17)14-9-11(15(2)3)12-5-4-8-18-12/h4-8,11,14H,9H2,1-3H3. The van der Waals surface area contributed by atoms with E-state index in [1.54, 1.807) is 24.5 Å². The molecule has 0 aliphatic carbocycles. The van der Waals surface area contributed by atoms with Crippen molar-refractivity contribution in [1.82, 2.24) is 9.62 Å². The van der Waals surface area contributed by atoms with Crippen LogP contribution in [0.5, 0.6) is 0 Å². The molecule has 2 aromatic heterocycles. The number of hydrogen-bond acceptors (Lipinski definition) is 5. The van der Waals surface area contributed by atoms with Crippen LogP contribution in [0.4, 0.5) is 0 Å². The average molecular weight is 314 g/mol. The molecule has 0 radical (unpaired) electrons. The third kappa shape index (κ3) is 3.49. The van der Waals surface area contributed by atoms with Gasteiger partial charge in [0.05, 0.1) is 12.3 Å². The molecule has 0 spiro atoms. The zero-order valence-corrected chi connectivity index (χ0v) is 13.3. The van der Waals surface area contributed by atoms with Crippen LogP contribution < -0.4 is 4.72 Å². The Labute approximate surface area is 123 Å². The molecule has 0 saturated heterocycles. The summed E-state index contributed by atoms with van der Waals surface area (Å²) < 4.78 is 32.7. The molecule has 2 heterocycles. The van der Waals surface area contributed by atoms with E-state index in [4.69, 9.17) is 4.42 Å². The Kier molecular flexibility index (Phi) is 4.64. The highest BCUT2D eigenvalue weighted by atomic mass is 32.2. The van der Waals surface area contributed by atoms with Gasteiger partial charge in [0.2, 0.25) is 10.0 Å². The van der Waals surface area contributed by atoms with E-state index in [0.717, 1.165) is 10.6 Å². The highest BCUT2D eigenvalue weighted by molar-refractivity contribution is 7.91. The van der Waals surface area contributed by atoms with Crippen molar-refractivity contribution in [1.29, 1.82) is 0 Å². The minimum absolute atomic E-state index is 0.138. The number of sulfonamides is 1. The van der Waals surface area contributed by atoms with Crippen LogP contribution in [0.3, 0.4) is 0 Å². The van der Waals surface area contributed by atoms with Gasteiger partial charge in [0.15, 0.2) is 0 Å². The van der Waals surface area contributed by atoms with Crippen LogP contribution in [0, 0.1) is 6.92 Å². The van der Waals surface area contributed by atoms with E-state index in [-0.39, 0.29) is 12.6 Å². The topological polar surface area (TPSA) is 62.6 Å². The largest absolute Gasteiger partial charge is 0.468 e. The second-order valence-corrected chi connectivity index (χ2v) is 7.99. The molecule has 20 heavy (non-hydrogen) atoms. The Morgan fingerprint density at radius 1 is 1.35 bits per heavy atom. The molecule has 110 valence electrons. The monoisotopic (exact) mass is 314 g/mol. The minimum Gasteiger partial charge on any atom is -0.468 e. The predicted molar refractivity (Wildman–Crippen MR) is 79.4 cm³/mol. The predicted octanol–water partition coefficient (Wildman–Crippen LogP) is 2.23. The van der Waals surface area contributed by atoms with Crippen LogP contribution >= 0.6 is 11.3 Å². The van der Waals surface area contributed by atoms with Crippen LogP contribution in [-0.4, -0.2) is 34.0 Å². The summed E-state index contributed by atoms with van der Waals surface area (Å²) in [6.45, 7) is 2.15. The zero-order valence-electron chi connectivity index (χ0n) is 11.7. The highest BCUT2D eigenvalue weighted by Crippen LogP contribution is 2.22. The minimum atomic E-state index is -3.46. The lowest BCUT2D eigenvalue weighted by Crippen LogP contribution is -2.34. The van der Waals surface area contributed by atoms with Crippen molar-refractivity contribution >= 4 is 21.4 Å². The van der Waals surface area contributed by atoms with Crippen LogP contribution in [0.25, 0.3) is 0 Å². The maximum atomic E-state index is 12.2. The Morgan fingerprint density at radius 3 is 2.60 bits per heavy atom. The van der Waals surface area contributed by atoms with Gasteiger partial charge in [0, 0.05) is 11.4 Å². The summed E-state index contributed by atoms with van der Waals surface area (Å²) in [6.07, 6.45) is 1.59. The lowest BCUT2D eigenvalue weighted by atomic mass is 10.2. The molecule has 0 fully saturated rings. The molecule has 5 nitrogen and oxygen atoms in total. The van der Waals surface area contributed by atoms with Crippen molar-refractivity contribution in [2.75, 3.05) is 20.6 Å². The average Bonchev–Trinajstić information content (AvgIpc) is 3.00. The van der Waals surface area contributed by atoms with Crippen LogP contribution in [0.1, 0.15) is 16.7 Å². The van der Waals surface area contributed by atoms with E-state index < -0.39 is 10.0 Å². The smallest absolute Gasteiger partial charge is 0.250 e. The van der Waals surface area contributed by atoms with E-state index in [1.807, 2.05) is 32.0 Å². The molecule has 1 unspecified atom stereocenters. The molecule has 0 amide bonds. The molecule has 2 aromatic rings. The van der Waals surface area contributed by atoms with E-state index in [2.05, 4.69) is 4.72 Å². The first-order valence-corrected chi connectivity index (χ1v) is 8.46.